The monoisotopic (exact) mass is 260 g/mol. The molecule has 0 aliphatic rings. The first-order valence-electron chi connectivity index (χ1n) is 6.17. The van der Waals surface area contributed by atoms with Crippen LogP contribution in [0.3, 0.4) is 0 Å². The largest absolute Gasteiger partial charge is 0.496 e. The van der Waals surface area contributed by atoms with Crippen molar-refractivity contribution in [2.24, 2.45) is 7.05 Å². The number of benzene rings is 1. The van der Waals surface area contributed by atoms with Gasteiger partial charge in [0, 0.05) is 37.2 Å². The van der Waals surface area contributed by atoms with Gasteiger partial charge in [-0.25, -0.2) is 4.98 Å². The van der Waals surface area contributed by atoms with Gasteiger partial charge in [0.2, 0.25) is 0 Å². The number of nitrogens with two attached hydrogens (primary N) is 1. The summed E-state index contributed by atoms with van der Waals surface area (Å²) in [7, 11) is 5.72. The van der Waals surface area contributed by atoms with E-state index in [9.17, 15) is 0 Å². The molecule has 0 fully saturated rings. The molecule has 0 aliphatic heterocycles. The van der Waals surface area contributed by atoms with E-state index in [1.807, 2.05) is 42.2 Å². The molecular weight excluding hydrogens is 240 g/mol. The number of hydrogen-bond acceptors (Lipinski definition) is 4. The van der Waals surface area contributed by atoms with Crippen molar-refractivity contribution in [1.29, 1.82) is 0 Å². The Morgan fingerprint density at radius 2 is 2.16 bits per heavy atom. The molecular formula is C14H20N4O. The van der Waals surface area contributed by atoms with Gasteiger partial charge in [-0.15, -0.1) is 0 Å². The Balaban J connectivity index is 2.08. The van der Waals surface area contributed by atoms with Gasteiger partial charge in [0.25, 0.3) is 0 Å². The number of imidazole rings is 1. The van der Waals surface area contributed by atoms with E-state index in [1.165, 1.54) is 0 Å². The van der Waals surface area contributed by atoms with Crippen LogP contribution < -0.4 is 10.5 Å². The van der Waals surface area contributed by atoms with Crippen molar-refractivity contribution >= 4 is 5.69 Å². The van der Waals surface area contributed by atoms with Crippen LogP contribution in [0, 0.1) is 0 Å². The zero-order valence-corrected chi connectivity index (χ0v) is 11.6. The highest BCUT2D eigenvalue weighted by Gasteiger charge is 2.09. The predicted molar refractivity (Wildman–Crippen MR) is 75.8 cm³/mol. The molecule has 0 atom stereocenters. The number of anilines is 1. The Kier molecular flexibility index (Phi) is 4.06. The zero-order chi connectivity index (χ0) is 13.8. The third-order valence-electron chi connectivity index (χ3n) is 3.08. The lowest BCUT2D eigenvalue weighted by Crippen LogP contribution is -2.20. The molecule has 0 bridgehead atoms. The summed E-state index contributed by atoms with van der Waals surface area (Å²) < 4.78 is 7.38. The number of ether oxygens (including phenoxy) is 1. The first-order chi connectivity index (χ1) is 9.10. The molecule has 1 aromatic heterocycles. The Hall–Kier alpha value is -2.01. The first-order valence-corrected chi connectivity index (χ1v) is 6.17. The minimum atomic E-state index is 0.751. The molecule has 0 radical (unpaired) electrons. The van der Waals surface area contributed by atoms with E-state index in [2.05, 4.69) is 16.9 Å². The van der Waals surface area contributed by atoms with Crippen LogP contribution in [-0.4, -0.2) is 28.6 Å². The van der Waals surface area contributed by atoms with Gasteiger partial charge in [-0.3, -0.25) is 4.90 Å². The molecule has 1 aromatic carbocycles. The van der Waals surface area contributed by atoms with E-state index in [1.54, 1.807) is 7.11 Å². The quantitative estimate of drug-likeness (QED) is 0.830. The highest BCUT2D eigenvalue weighted by atomic mass is 16.5. The number of aromatic nitrogens is 2. The van der Waals surface area contributed by atoms with Crippen molar-refractivity contribution in [3.63, 3.8) is 0 Å². The Morgan fingerprint density at radius 1 is 1.37 bits per heavy atom. The van der Waals surface area contributed by atoms with Crippen molar-refractivity contribution in [1.82, 2.24) is 14.5 Å². The van der Waals surface area contributed by atoms with Crippen LogP contribution in [0.2, 0.25) is 0 Å². The topological polar surface area (TPSA) is 56.3 Å². The number of aryl methyl sites for hydroxylation is 1. The molecule has 5 nitrogen and oxygen atoms in total. The van der Waals surface area contributed by atoms with E-state index in [4.69, 9.17) is 10.5 Å². The van der Waals surface area contributed by atoms with Gasteiger partial charge in [0.15, 0.2) is 0 Å². The van der Waals surface area contributed by atoms with Crippen molar-refractivity contribution < 1.29 is 4.74 Å². The average Bonchev–Trinajstić information content (AvgIpc) is 2.75. The summed E-state index contributed by atoms with van der Waals surface area (Å²) in [4.78, 5) is 6.50. The van der Waals surface area contributed by atoms with Gasteiger partial charge in [-0.2, -0.15) is 0 Å². The minimum absolute atomic E-state index is 0.751. The van der Waals surface area contributed by atoms with Crippen molar-refractivity contribution in [2.45, 2.75) is 13.1 Å². The van der Waals surface area contributed by atoms with Crippen LogP contribution in [0.1, 0.15) is 11.4 Å². The van der Waals surface area contributed by atoms with Crippen LogP contribution in [0.25, 0.3) is 0 Å². The molecule has 0 aliphatic carbocycles. The predicted octanol–water partition coefficient (Wildman–Crippen LogP) is 1.64. The lowest BCUT2D eigenvalue weighted by Gasteiger charge is -2.18. The minimum Gasteiger partial charge on any atom is -0.496 e. The average molecular weight is 260 g/mol. The van der Waals surface area contributed by atoms with E-state index >= 15 is 0 Å². The molecule has 19 heavy (non-hydrogen) atoms. The summed E-state index contributed by atoms with van der Waals surface area (Å²) in [5, 5.41) is 0. The fraction of sp³-hybridized carbons (Fsp3) is 0.357. The summed E-state index contributed by atoms with van der Waals surface area (Å²) in [6.07, 6.45) is 3.76. The highest BCUT2D eigenvalue weighted by molar-refractivity contribution is 5.47. The lowest BCUT2D eigenvalue weighted by atomic mass is 10.1. The Morgan fingerprint density at radius 3 is 2.79 bits per heavy atom. The van der Waals surface area contributed by atoms with Crippen LogP contribution in [0.4, 0.5) is 5.69 Å². The van der Waals surface area contributed by atoms with Crippen LogP contribution in [-0.2, 0) is 20.1 Å². The highest BCUT2D eigenvalue weighted by Crippen LogP contribution is 2.22. The standard InChI is InChI=1S/C14H20N4O/c1-17(10-14-16-6-7-18(14)2)9-11-8-12(15)4-5-13(11)19-3/h4-8H,9-10,15H2,1-3H3. The Bertz CT molecular complexity index is 550. The molecule has 0 spiro atoms. The van der Waals surface area contributed by atoms with Gasteiger partial charge in [-0.05, 0) is 25.2 Å². The second-order valence-electron chi connectivity index (χ2n) is 4.70. The van der Waals surface area contributed by atoms with Crippen molar-refractivity contribution in [2.75, 3.05) is 19.9 Å². The fourth-order valence-electron chi connectivity index (χ4n) is 2.06. The maximum absolute atomic E-state index is 5.83. The summed E-state index contributed by atoms with van der Waals surface area (Å²) in [6.45, 7) is 1.54. The molecule has 2 aromatic rings. The van der Waals surface area contributed by atoms with Crippen molar-refractivity contribution in [3.8, 4) is 5.75 Å². The third kappa shape index (κ3) is 3.26. The van der Waals surface area contributed by atoms with Gasteiger partial charge in [0.05, 0.1) is 13.7 Å². The number of nitrogen functional groups attached to an aromatic ring is 1. The van der Waals surface area contributed by atoms with Crippen molar-refractivity contribution in [3.05, 3.63) is 42.0 Å². The molecule has 5 heteroatoms. The van der Waals surface area contributed by atoms with Crippen LogP contribution in [0.15, 0.2) is 30.6 Å². The van der Waals surface area contributed by atoms with Gasteiger partial charge < -0.3 is 15.0 Å². The fourth-order valence-corrected chi connectivity index (χ4v) is 2.06. The van der Waals surface area contributed by atoms with E-state index < -0.39 is 0 Å². The number of hydrogen-bond donors (Lipinski definition) is 1. The number of nitrogens with zero attached hydrogens (tertiary/aromatic N) is 3. The number of methoxy groups -OCH3 is 1. The second-order valence-corrected chi connectivity index (χ2v) is 4.70. The van der Waals surface area contributed by atoms with Crippen LogP contribution >= 0.6 is 0 Å². The summed E-state index contributed by atoms with van der Waals surface area (Å²) in [5.41, 5.74) is 7.66. The van der Waals surface area contributed by atoms with Gasteiger partial charge >= 0.3 is 0 Å². The summed E-state index contributed by atoms with van der Waals surface area (Å²) >= 11 is 0. The SMILES string of the molecule is COc1ccc(N)cc1CN(C)Cc1nccn1C. The van der Waals surface area contributed by atoms with E-state index in [-0.39, 0.29) is 0 Å². The van der Waals surface area contributed by atoms with Gasteiger partial charge in [0.1, 0.15) is 11.6 Å². The van der Waals surface area contributed by atoms with E-state index in [0.29, 0.717) is 0 Å². The molecule has 2 rings (SSSR count). The molecule has 1 heterocycles. The molecule has 0 saturated carbocycles. The smallest absolute Gasteiger partial charge is 0.123 e. The summed E-state index contributed by atoms with van der Waals surface area (Å²) in [6, 6.07) is 5.70. The maximum Gasteiger partial charge on any atom is 0.123 e. The van der Waals surface area contributed by atoms with Crippen LogP contribution in [0.5, 0.6) is 5.75 Å². The number of rotatable bonds is 5. The lowest BCUT2D eigenvalue weighted by molar-refractivity contribution is 0.299. The zero-order valence-electron chi connectivity index (χ0n) is 11.6. The molecule has 102 valence electrons. The third-order valence-corrected chi connectivity index (χ3v) is 3.08. The summed E-state index contributed by atoms with van der Waals surface area (Å²) in [5.74, 6) is 1.89. The second kappa shape index (κ2) is 5.75. The molecule has 2 N–H and O–H groups in total. The van der Waals surface area contributed by atoms with Gasteiger partial charge in [-0.1, -0.05) is 0 Å². The molecule has 0 amide bonds. The maximum atomic E-state index is 5.83. The normalized spacial score (nSPS) is 10.9. The Labute approximate surface area is 113 Å². The molecule has 0 unspecified atom stereocenters. The molecule has 0 saturated heterocycles. The first kappa shape index (κ1) is 13.4. The van der Waals surface area contributed by atoms with E-state index in [0.717, 1.165) is 35.9 Å².